The first-order chi connectivity index (χ1) is 15.0. The SMILES string of the molecule is COc1ccccc1NC(=S)N(Cc1cccs1)Cc1cc2cccc(C)c2[nH]c1=O. The second kappa shape index (κ2) is 9.32. The van der Waals surface area contributed by atoms with Crippen LogP contribution < -0.4 is 15.6 Å². The molecule has 0 saturated carbocycles. The van der Waals surface area contributed by atoms with Crippen molar-refractivity contribution in [1.29, 1.82) is 0 Å². The number of aromatic nitrogens is 1. The van der Waals surface area contributed by atoms with Crippen LogP contribution in [0.3, 0.4) is 0 Å². The number of H-pyrrole nitrogens is 1. The van der Waals surface area contributed by atoms with E-state index >= 15 is 0 Å². The van der Waals surface area contributed by atoms with Crippen LogP contribution in [0.1, 0.15) is 16.0 Å². The Kier molecular flexibility index (Phi) is 6.34. The highest BCUT2D eigenvalue weighted by molar-refractivity contribution is 7.80. The molecule has 0 fully saturated rings. The molecule has 0 radical (unpaired) electrons. The van der Waals surface area contributed by atoms with Crippen LogP contribution in [0, 0.1) is 6.92 Å². The number of hydrogen-bond donors (Lipinski definition) is 2. The van der Waals surface area contributed by atoms with E-state index in [2.05, 4.69) is 16.4 Å². The van der Waals surface area contributed by atoms with Gasteiger partial charge in [0, 0.05) is 10.4 Å². The Labute approximate surface area is 190 Å². The van der Waals surface area contributed by atoms with Gasteiger partial charge >= 0.3 is 0 Å². The Morgan fingerprint density at radius 3 is 2.74 bits per heavy atom. The highest BCUT2D eigenvalue weighted by Gasteiger charge is 2.16. The van der Waals surface area contributed by atoms with Gasteiger partial charge in [0.25, 0.3) is 5.56 Å². The number of rotatable bonds is 6. The van der Waals surface area contributed by atoms with E-state index in [9.17, 15) is 4.79 Å². The quantitative estimate of drug-likeness (QED) is 0.391. The van der Waals surface area contributed by atoms with Crippen molar-refractivity contribution in [3.8, 4) is 5.75 Å². The molecule has 0 aliphatic rings. The lowest BCUT2D eigenvalue weighted by Gasteiger charge is -2.26. The summed E-state index contributed by atoms with van der Waals surface area (Å²) in [5, 5.41) is 6.86. The number of methoxy groups -OCH3 is 1. The molecule has 0 atom stereocenters. The zero-order valence-electron chi connectivity index (χ0n) is 17.3. The van der Waals surface area contributed by atoms with Crippen LogP contribution in [0.25, 0.3) is 10.9 Å². The molecule has 158 valence electrons. The number of ether oxygens (including phenoxy) is 1. The van der Waals surface area contributed by atoms with Gasteiger partial charge in [-0.1, -0.05) is 36.4 Å². The maximum atomic E-state index is 12.8. The molecular weight excluding hydrogens is 426 g/mol. The smallest absolute Gasteiger partial charge is 0.253 e. The first-order valence-corrected chi connectivity index (χ1v) is 11.2. The molecule has 2 heterocycles. The summed E-state index contributed by atoms with van der Waals surface area (Å²) >= 11 is 7.41. The number of pyridine rings is 1. The summed E-state index contributed by atoms with van der Waals surface area (Å²) in [6.07, 6.45) is 0. The van der Waals surface area contributed by atoms with Gasteiger partial charge in [-0.3, -0.25) is 4.79 Å². The molecule has 7 heteroatoms. The van der Waals surface area contributed by atoms with Crippen molar-refractivity contribution < 1.29 is 4.74 Å². The summed E-state index contributed by atoms with van der Waals surface area (Å²) in [4.78, 5) is 19.0. The Hall–Kier alpha value is -3.16. The van der Waals surface area contributed by atoms with E-state index < -0.39 is 0 Å². The van der Waals surface area contributed by atoms with E-state index in [0.717, 1.165) is 27.0 Å². The fraction of sp³-hybridized carbons (Fsp3) is 0.167. The Bertz CT molecular complexity index is 1270. The predicted octanol–water partition coefficient (Wildman–Crippen LogP) is 5.31. The van der Waals surface area contributed by atoms with Crippen LogP contribution in [0.15, 0.2) is 70.8 Å². The van der Waals surface area contributed by atoms with Crippen molar-refractivity contribution in [2.45, 2.75) is 20.0 Å². The number of thiophene rings is 1. The van der Waals surface area contributed by atoms with Crippen LogP contribution in [0.2, 0.25) is 0 Å². The minimum atomic E-state index is -0.0990. The number of nitrogens with one attached hydrogen (secondary N) is 2. The van der Waals surface area contributed by atoms with Crippen LogP contribution in [-0.4, -0.2) is 22.1 Å². The van der Waals surface area contributed by atoms with Crippen LogP contribution in [0.5, 0.6) is 5.75 Å². The lowest BCUT2D eigenvalue weighted by molar-refractivity contribution is 0.410. The summed E-state index contributed by atoms with van der Waals surface area (Å²) in [6.45, 7) is 2.98. The normalized spacial score (nSPS) is 10.8. The number of hydrogen-bond acceptors (Lipinski definition) is 4. The second-order valence-electron chi connectivity index (χ2n) is 7.23. The summed E-state index contributed by atoms with van der Waals surface area (Å²) < 4.78 is 5.44. The molecule has 2 aromatic heterocycles. The third-order valence-corrected chi connectivity index (χ3v) is 6.31. The number of aryl methyl sites for hydroxylation is 1. The number of thiocarbonyl (C=S) groups is 1. The van der Waals surface area contributed by atoms with Crippen molar-refractivity contribution >= 4 is 45.3 Å². The topological polar surface area (TPSA) is 57.4 Å². The zero-order valence-corrected chi connectivity index (χ0v) is 19.0. The first-order valence-electron chi connectivity index (χ1n) is 9.88. The van der Waals surface area contributed by atoms with E-state index in [4.69, 9.17) is 17.0 Å². The van der Waals surface area contributed by atoms with Gasteiger partial charge in [-0.25, -0.2) is 0 Å². The maximum absolute atomic E-state index is 12.8. The van der Waals surface area contributed by atoms with Crippen LogP contribution in [-0.2, 0) is 13.1 Å². The van der Waals surface area contributed by atoms with Gasteiger partial charge in [0.2, 0.25) is 0 Å². The minimum absolute atomic E-state index is 0.0990. The molecule has 0 unspecified atom stereocenters. The maximum Gasteiger partial charge on any atom is 0.253 e. The largest absolute Gasteiger partial charge is 0.495 e. The molecule has 0 saturated heterocycles. The number of nitrogens with zero attached hydrogens (tertiary/aromatic N) is 1. The fourth-order valence-electron chi connectivity index (χ4n) is 3.48. The van der Waals surface area contributed by atoms with E-state index in [0.29, 0.717) is 29.5 Å². The monoisotopic (exact) mass is 449 g/mol. The predicted molar refractivity (Wildman–Crippen MR) is 132 cm³/mol. The van der Waals surface area contributed by atoms with E-state index in [1.807, 2.05) is 71.8 Å². The summed E-state index contributed by atoms with van der Waals surface area (Å²) in [7, 11) is 1.63. The van der Waals surface area contributed by atoms with Crippen molar-refractivity contribution in [2.75, 3.05) is 12.4 Å². The van der Waals surface area contributed by atoms with Crippen LogP contribution in [0.4, 0.5) is 5.69 Å². The number of fused-ring (bicyclic) bond motifs is 1. The second-order valence-corrected chi connectivity index (χ2v) is 8.65. The Morgan fingerprint density at radius 2 is 1.97 bits per heavy atom. The summed E-state index contributed by atoms with van der Waals surface area (Å²) in [5.41, 5.74) is 3.27. The molecule has 0 aliphatic carbocycles. The van der Waals surface area contributed by atoms with Crippen molar-refractivity contribution in [3.05, 3.63) is 92.4 Å². The van der Waals surface area contributed by atoms with E-state index in [1.54, 1.807) is 18.4 Å². The summed E-state index contributed by atoms with van der Waals surface area (Å²) in [6, 6.07) is 19.7. The van der Waals surface area contributed by atoms with E-state index in [1.165, 1.54) is 0 Å². The number of aromatic amines is 1. The third-order valence-electron chi connectivity index (χ3n) is 5.09. The molecule has 0 amide bonds. The molecule has 4 aromatic rings. The highest BCUT2D eigenvalue weighted by atomic mass is 32.1. The van der Waals surface area contributed by atoms with Crippen molar-refractivity contribution in [1.82, 2.24) is 9.88 Å². The first kappa shape index (κ1) is 21.1. The van der Waals surface area contributed by atoms with Gasteiger partial charge in [0.05, 0.1) is 31.4 Å². The highest BCUT2D eigenvalue weighted by Crippen LogP contribution is 2.24. The molecule has 4 rings (SSSR count). The van der Waals surface area contributed by atoms with Crippen LogP contribution >= 0.6 is 23.6 Å². The van der Waals surface area contributed by atoms with Crippen molar-refractivity contribution in [2.24, 2.45) is 0 Å². The minimum Gasteiger partial charge on any atom is -0.495 e. The van der Waals surface area contributed by atoms with Gasteiger partial charge in [-0.2, -0.15) is 0 Å². The standard InChI is InChI=1S/C24H23N3O2S2/c1-16-7-5-8-17-13-18(23(28)26-22(16)17)14-27(15-19-9-6-12-31-19)24(30)25-20-10-3-4-11-21(20)29-2/h3-13H,14-15H2,1-2H3,(H,25,30)(H,26,28). The number of para-hydroxylation sites is 3. The molecule has 2 aromatic carbocycles. The molecular formula is C24H23N3O2S2. The summed E-state index contributed by atoms with van der Waals surface area (Å²) in [5.74, 6) is 0.708. The Morgan fingerprint density at radius 1 is 1.13 bits per heavy atom. The average molecular weight is 450 g/mol. The van der Waals surface area contributed by atoms with Gasteiger partial charge < -0.3 is 19.9 Å². The molecule has 5 nitrogen and oxygen atoms in total. The molecule has 2 N–H and O–H groups in total. The number of benzene rings is 2. The lowest BCUT2D eigenvalue weighted by atomic mass is 10.1. The molecule has 0 aliphatic heterocycles. The third kappa shape index (κ3) is 4.78. The lowest BCUT2D eigenvalue weighted by Crippen LogP contribution is -2.35. The van der Waals surface area contributed by atoms with Gasteiger partial charge in [-0.05, 0) is 59.7 Å². The van der Waals surface area contributed by atoms with Gasteiger partial charge in [-0.15, -0.1) is 11.3 Å². The molecule has 0 bridgehead atoms. The number of anilines is 1. The Balaban J connectivity index is 1.65. The van der Waals surface area contributed by atoms with Gasteiger partial charge in [0.15, 0.2) is 5.11 Å². The van der Waals surface area contributed by atoms with E-state index in [-0.39, 0.29) is 5.56 Å². The molecule has 31 heavy (non-hydrogen) atoms. The molecule has 0 spiro atoms. The average Bonchev–Trinajstić information content (AvgIpc) is 3.28. The van der Waals surface area contributed by atoms with Crippen molar-refractivity contribution in [3.63, 3.8) is 0 Å². The zero-order chi connectivity index (χ0) is 21.8. The van der Waals surface area contributed by atoms with Gasteiger partial charge in [0.1, 0.15) is 5.75 Å². The fourth-order valence-corrected chi connectivity index (χ4v) is 4.44.